The van der Waals surface area contributed by atoms with E-state index in [1.54, 1.807) is 0 Å². The average Bonchev–Trinajstić information content (AvgIpc) is 2.24. The highest BCUT2D eigenvalue weighted by Crippen LogP contribution is 2.12. The first-order valence-corrected chi connectivity index (χ1v) is 6.02. The number of carboxylic acid groups (broad SMARTS) is 1. The van der Waals surface area contributed by atoms with E-state index in [0.717, 1.165) is 32.1 Å². The molecule has 0 aromatic heterocycles. The molecule has 0 aromatic rings. The fraction of sp³-hybridized carbons (Fsp3) is 0.833. The van der Waals surface area contributed by atoms with E-state index >= 15 is 0 Å². The van der Waals surface area contributed by atoms with Crippen LogP contribution in [-0.4, -0.2) is 23.7 Å². The van der Waals surface area contributed by atoms with Gasteiger partial charge in [-0.2, -0.15) is 0 Å². The van der Waals surface area contributed by atoms with Crippen molar-refractivity contribution in [3.05, 3.63) is 0 Å². The van der Waals surface area contributed by atoms with Crippen LogP contribution in [0.3, 0.4) is 0 Å². The summed E-state index contributed by atoms with van der Waals surface area (Å²) >= 11 is 0. The minimum absolute atomic E-state index is 0.326. The molecule has 0 aliphatic carbocycles. The molecule has 0 saturated heterocycles. The van der Waals surface area contributed by atoms with Crippen LogP contribution in [0.2, 0.25) is 0 Å². The summed E-state index contributed by atoms with van der Waals surface area (Å²) < 4.78 is 4.92. The number of carbonyl (C=O) groups excluding carboxylic acids is 1. The van der Waals surface area contributed by atoms with Crippen molar-refractivity contribution in [3.63, 3.8) is 0 Å². The van der Waals surface area contributed by atoms with Crippen molar-refractivity contribution in [2.24, 2.45) is 5.92 Å². The summed E-state index contributed by atoms with van der Waals surface area (Å²) in [5.74, 6) is -2.64. The molecule has 0 heterocycles. The topological polar surface area (TPSA) is 63.6 Å². The standard InChI is InChI=1S/C12H22O4/c1-3-5-7-8-10(11(13)14)12(15)16-9-6-4-2/h10H,3-9H2,1-2H3,(H,13,14). The van der Waals surface area contributed by atoms with E-state index in [0.29, 0.717) is 13.0 Å². The van der Waals surface area contributed by atoms with Gasteiger partial charge in [-0.15, -0.1) is 0 Å². The minimum Gasteiger partial charge on any atom is -0.481 e. The molecular formula is C12H22O4. The third-order valence-electron chi connectivity index (χ3n) is 2.42. The van der Waals surface area contributed by atoms with E-state index in [4.69, 9.17) is 9.84 Å². The molecule has 0 radical (unpaired) electrons. The molecule has 0 fully saturated rings. The lowest BCUT2D eigenvalue weighted by atomic mass is 10.0. The first kappa shape index (κ1) is 14.9. The Morgan fingerprint density at radius 2 is 1.75 bits per heavy atom. The van der Waals surface area contributed by atoms with Crippen LogP contribution in [0.1, 0.15) is 52.4 Å². The third kappa shape index (κ3) is 6.43. The summed E-state index contributed by atoms with van der Waals surface area (Å²) in [4.78, 5) is 22.3. The van der Waals surface area contributed by atoms with E-state index in [2.05, 4.69) is 0 Å². The van der Waals surface area contributed by atoms with E-state index in [9.17, 15) is 9.59 Å². The molecule has 1 unspecified atom stereocenters. The first-order valence-electron chi connectivity index (χ1n) is 6.02. The lowest BCUT2D eigenvalue weighted by molar-refractivity contribution is -0.159. The zero-order valence-electron chi connectivity index (χ0n) is 10.2. The van der Waals surface area contributed by atoms with Gasteiger partial charge >= 0.3 is 11.9 Å². The number of unbranched alkanes of at least 4 members (excludes halogenated alkanes) is 3. The summed E-state index contributed by atoms with van der Waals surface area (Å²) in [6.45, 7) is 4.35. The summed E-state index contributed by atoms with van der Waals surface area (Å²) in [5.41, 5.74) is 0. The molecule has 4 nitrogen and oxygen atoms in total. The zero-order valence-corrected chi connectivity index (χ0v) is 10.2. The Balaban J connectivity index is 3.98. The lowest BCUT2D eigenvalue weighted by Gasteiger charge is -2.11. The summed E-state index contributed by atoms with van der Waals surface area (Å²) in [6.07, 6.45) is 4.82. The summed E-state index contributed by atoms with van der Waals surface area (Å²) in [7, 11) is 0. The van der Waals surface area contributed by atoms with Gasteiger partial charge in [-0.1, -0.05) is 39.5 Å². The van der Waals surface area contributed by atoms with Crippen LogP contribution < -0.4 is 0 Å². The highest BCUT2D eigenvalue weighted by molar-refractivity contribution is 5.93. The molecule has 16 heavy (non-hydrogen) atoms. The van der Waals surface area contributed by atoms with Crippen LogP contribution in [0.5, 0.6) is 0 Å². The van der Waals surface area contributed by atoms with Crippen LogP contribution >= 0.6 is 0 Å². The first-order chi connectivity index (χ1) is 7.63. The Bertz CT molecular complexity index is 213. The molecule has 0 aliphatic heterocycles. The highest BCUT2D eigenvalue weighted by Gasteiger charge is 2.26. The van der Waals surface area contributed by atoms with Gasteiger partial charge in [0, 0.05) is 0 Å². The Kier molecular flexibility index (Phi) is 8.58. The molecule has 1 atom stereocenters. The highest BCUT2D eigenvalue weighted by atomic mass is 16.5. The van der Waals surface area contributed by atoms with Gasteiger partial charge in [0.1, 0.15) is 0 Å². The van der Waals surface area contributed by atoms with Gasteiger partial charge in [-0.05, 0) is 12.8 Å². The van der Waals surface area contributed by atoms with Crippen molar-refractivity contribution in [1.82, 2.24) is 0 Å². The van der Waals surface area contributed by atoms with Gasteiger partial charge in [0.05, 0.1) is 6.61 Å². The van der Waals surface area contributed by atoms with Crippen LogP contribution in [0.15, 0.2) is 0 Å². The zero-order chi connectivity index (χ0) is 12.4. The van der Waals surface area contributed by atoms with Gasteiger partial charge < -0.3 is 9.84 Å². The number of ether oxygens (including phenoxy) is 1. The van der Waals surface area contributed by atoms with Crippen molar-refractivity contribution >= 4 is 11.9 Å². The largest absolute Gasteiger partial charge is 0.481 e. The summed E-state index contributed by atoms with van der Waals surface area (Å²) in [5, 5.41) is 8.90. The normalized spacial score (nSPS) is 12.1. The van der Waals surface area contributed by atoms with Crippen molar-refractivity contribution in [3.8, 4) is 0 Å². The maximum atomic E-state index is 11.5. The molecule has 4 heteroatoms. The number of aliphatic carboxylic acids is 1. The number of esters is 1. The molecule has 0 aromatic carbocycles. The molecule has 0 spiro atoms. The number of rotatable bonds is 9. The van der Waals surface area contributed by atoms with Gasteiger partial charge in [0.15, 0.2) is 5.92 Å². The molecule has 94 valence electrons. The van der Waals surface area contributed by atoms with Crippen molar-refractivity contribution < 1.29 is 19.4 Å². The molecule has 1 N–H and O–H groups in total. The Hall–Kier alpha value is -1.06. The van der Waals surface area contributed by atoms with Gasteiger partial charge in [0.2, 0.25) is 0 Å². The van der Waals surface area contributed by atoms with E-state index in [-0.39, 0.29) is 0 Å². The van der Waals surface area contributed by atoms with Crippen LogP contribution in [0, 0.1) is 5.92 Å². The van der Waals surface area contributed by atoms with Crippen molar-refractivity contribution in [1.29, 1.82) is 0 Å². The molecule has 0 rings (SSSR count). The van der Waals surface area contributed by atoms with E-state index < -0.39 is 17.9 Å². The van der Waals surface area contributed by atoms with Crippen LogP contribution in [-0.2, 0) is 14.3 Å². The van der Waals surface area contributed by atoms with Crippen LogP contribution in [0.25, 0.3) is 0 Å². The van der Waals surface area contributed by atoms with Crippen LogP contribution in [0.4, 0.5) is 0 Å². The predicted octanol–water partition coefficient (Wildman–Crippen LogP) is 2.61. The molecule has 0 aliphatic rings. The number of hydrogen-bond acceptors (Lipinski definition) is 3. The molecular weight excluding hydrogens is 208 g/mol. The average molecular weight is 230 g/mol. The van der Waals surface area contributed by atoms with Crippen molar-refractivity contribution in [2.45, 2.75) is 52.4 Å². The second-order valence-corrected chi connectivity index (χ2v) is 3.91. The number of hydrogen-bond donors (Lipinski definition) is 1. The second-order valence-electron chi connectivity index (χ2n) is 3.91. The lowest BCUT2D eigenvalue weighted by Crippen LogP contribution is -2.26. The molecule has 0 bridgehead atoms. The Morgan fingerprint density at radius 1 is 1.12 bits per heavy atom. The predicted molar refractivity (Wildman–Crippen MR) is 61.1 cm³/mol. The monoisotopic (exact) mass is 230 g/mol. The maximum absolute atomic E-state index is 11.5. The van der Waals surface area contributed by atoms with E-state index in [1.165, 1.54) is 0 Å². The SMILES string of the molecule is CCCCCC(C(=O)O)C(=O)OCCCC. The van der Waals surface area contributed by atoms with Crippen molar-refractivity contribution in [2.75, 3.05) is 6.61 Å². The van der Waals surface area contributed by atoms with Gasteiger partial charge in [0.25, 0.3) is 0 Å². The number of carboxylic acids is 1. The minimum atomic E-state index is -1.07. The Labute approximate surface area is 97.0 Å². The maximum Gasteiger partial charge on any atom is 0.320 e. The number of carbonyl (C=O) groups is 2. The smallest absolute Gasteiger partial charge is 0.320 e. The second kappa shape index (κ2) is 9.19. The van der Waals surface area contributed by atoms with E-state index in [1.807, 2.05) is 13.8 Å². The molecule has 0 saturated carbocycles. The van der Waals surface area contributed by atoms with Gasteiger partial charge in [-0.3, -0.25) is 9.59 Å². The van der Waals surface area contributed by atoms with Gasteiger partial charge in [-0.25, -0.2) is 0 Å². The third-order valence-corrected chi connectivity index (χ3v) is 2.42. The Morgan fingerprint density at radius 3 is 2.25 bits per heavy atom. The molecule has 0 amide bonds. The quantitative estimate of drug-likeness (QED) is 0.375. The summed E-state index contributed by atoms with van der Waals surface area (Å²) in [6, 6.07) is 0. The fourth-order valence-corrected chi connectivity index (χ4v) is 1.36. The fourth-order valence-electron chi connectivity index (χ4n) is 1.36.